The molecule has 0 bridgehead atoms. The lowest BCUT2D eigenvalue weighted by atomic mass is 10.0. The fourth-order valence-corrected chi connectivity index (χ4v) is 6.08. The van der Waals surface area contributed by atoms with E-state index in [-0.39, 0.29) is 43.1 Å². The van der Waals surface area contributed by atoms with Gasteiger partial charge < -0.3 is 28.6 Å². The van der Waals surface area contributed by atoms with Gasteiger partial charge in [0.2, 0.25) is 0 Å². The Hall–Kier alpha value is -2.45. The molecule has 0 spiro atoms. The standard InChI is InChI=1S/C44H79NO7/c1-6-8-10-12-14-16-17-18-19-20-21-22-23-24-25-27-28-30-32-34-42(46)51-39-40(38-50-37-36-41(44(48)49)45(3,4)5)52-43(47)35-33-31-29-26-15-13-11-9-7-2/h9,11,15,26,31,33,40-41H,6-8,10,12-14,16-25,27-30,32,34-39H2,1-5H3/b11-9+,26-15+,33-31+. The predicted octanol–water partition coefficient (Wildman–Crippen LogP) is 9.74. The van der Waals surface area contributed by atoms with Gasteiger partial charge in [-0.25, -0.2) is 0 Å². The molecule has 8 nitrogen and oxygen atoms in total. The van der Waals surface area contributed by atoms with Gasteiger partial charge in [-0.15, -0.1) is 0 Å². The number of unbranched alkanes of at least 4 members (excludes halogenated alkanes) is 18. The molecule has 0 amide bonds. The van der Waals surface area contributed by atoms with Gasteiger partial charge in [0.25, 0.3) is 0 Å². The summed E-state index contributed by atoms with van der Waals surface area (Å²) in [6.07, 6.45) is 39.3. The molecule has 0 aromatic carbocycles. The molecule has 52 heavy (non-hydrogen) atoms. The van der Waals surface area contributed by atoms with Crippen LogP contribution in [0, 0.1) is 0 Å². The summed E-state index contributed by atoms with van der Waals surface area (Å²) in [6, 6.07) is -0.736. The molecule has 0 rings (SSSR count). The number of allylic oxidation sites excluding steroid dienone is 5. The molecule has 0 saturated carbocycles. The number of hydrogen-bond acceptors (Lipinski definition) is 7. The van der Waals surface area contributed by atoms with Crippen molar-refractivity contribution in [2.24, 2.45) is 0 Å². The molecule has 302 valence electrons. The second-order valence-electron chi connectivity index (χ2n) is 15.2. The average Bonchev–Trinajstić information content (AvgIpc) is 3.09. The number of quaternary nitrogens is 1. The smallest absolute Gasteiger partial charge is 0.310 e. The SMILES string of the molecule is CC/C=C/C/C=C/C/C=C/CC(=O)OC(COCCC(C(=O)[O-])[N+](C)(C)C)COC(=O)CCCCCCCCCCCCCCCCCCCCC. The molecule has 0 saturated heterocycles. The summed E-state index contributed by atoms with van der Waals surface area (Å²) in [5.41, 5.74) is 0. The molecule has 0 aliphatic heterocycles. The summed E-state index contributed by atoms with van der Waals surface area (Å²) >= 11 is 0. The molecule has 0 radical (unpaired) electrons. The Morgan fingerprint density at radius 1 is 0.596 bits per heavy atom. The summed E-state index contributed by atoms with van der Waals surface area (Å²) in [7, 11) is 5.37. The van der Waals surface area contributed by atoms with Gasteiger partial charge in [-0.1, -0.05) is 166 Å². The molecule has 0 N–H and O–H groups in total. The Balaban J connectivity index is 4.27. The summed E-state index contributed by atoms with van der Waals surface area (Å²) in [4.78, 5) is 36.6. The van der Waals surface area contributed by atoms with Crippen molar-refractivity contribution in [2.45, 2.75) is 187 Å². The molecule has 8 heteroatoms. The second-order valence-corrected chi connectivity index (χ2v) is 15.2. The summed E-state index contributed by atoms with van der Waals surface area (Å²) in [5, 5.41) is 11.6. The Morgan fingerprint density at radius 3 is 1.52 bits per heavy atom. The maximum Gasteiger partial charge on any atom is 0.310 e. The maximum absolute atomic E-state index is 12.5. The van der Waals surface area contributed by atoms with Gasteiger partial charge in [0, 0.05) is 12.8 Å². The van der Waals surface area contributed by atoms with Crippen molar-refractivity contribution in [3.05, 3.63) is 36.5 Å². The van der Waals surface area contributed by atoms with Crippen LogP contribution in [0.1, 0.15) is 174 Å². The molecule has 0 heterocycles. The lowest BCUT2D eigenvalue weighted by Crippen LogP contribution is -2.55. The summed E-state index contributed by atoms with van der Waals surface area (Å²) in [6.45, 7) is 4.44. The van der Waals surface area contributed by atoms with Crippen LogP contribution in [0.15, 0.2) is 36.5 Å². The number of ether oxygens (including phenoxy) is 3. The van der Waals surface area contributed by atoms with Crippen molar-refractivity contribution < 1.29 is 38.2 Å². The summed E-state index contributed by atoms with van der Waals surface area (Å²) < 4.78 is 17.0. The number of carbonyl (C=O) groups is 3. The average molecular weight is 734 g/mol. The Morgan fingerprint density at radius 2 is 1.06 bits per heavy atom. The predicted molar refractivity (Wildman–Crippen MR) is 213 cm³/mol. The molecule has 0 aromatic heterocycles. The number of aliphatic carboxylic acids is 1. The van der Waals surface area contributed by atoms with E-state index in [4.69, 9.17) is 14.2 Å². The molecule has 2 atom stereocenters. The Bertz CT molecular complexity index is 953. The zero-order chi connectivity index (χ0) is 38.5. The summed E-state index contributed by atoms with van der Waals surface area (Å²) in [5.74, 6) is -1.88. The third-order valence-corrected chi connectivity index (χ3v) is 9.32. The van der Waals surface area contributed by atoms with Crippen LogP contribution in [-0.4, -0.2) is 75.5 Å². The van der Waals surface area contributed by atoms with Crippen molar-refractivity contribution in [1.29, 1.82) is 0 Å². The van der Waals surface area contributed by atoms with Crippen LogP contribution < -0.4 is 5.11 Å². The van der Waals surface area contributed by atoms with Gasteiger partial charge in [-0.05, 0) is 25.7 Å². The zero-order valence-corrected chi connectivity index (χ0v) is 34.2. The number of carbonyl (C=O) groups excluding carboxylic acids is 3. The quantitative estimate of drug-likeness (QED) is 0.0271. The highest BCUT2D eigenvalue weighted by molar-refractivity contribution is 5.71. The number of carboxylic acid groups (broad SMARTS) is 1. The zero-order valence-electron chi connectivity index (χ0n) is 34.2. The minimum Gasteiger partial charge on any atom is -0.544 e. The highest BCUT2D eigenvalue weighted by atomic mass is 16.6. The van der Waals surface area contributed by atoms with Crippen LogP contribution >= 0.6 is 0 Å². The number of rotatable bonds is 37. The Labute approximate surface area is 319 Å². The van der Waals surface area contributed by atoms with E-state index in [2.05, 4.69) is 38.2 Å². The first-order valence-corrected chi connectivity index (χ1v) is 21.0. The van der Waals surface area contributed by atoms with E-state index in [1.54, 1.807) is 27.2 Å². The number of hydrogen-bond donors (Lipinski definition) is 0. The fraction of sp³-hybridized carbons (Fsp3) is 0.795. The van der Waals surface area contributed by atoms with Crippen LogP contribution in [-0.2, 0) is 28.6 Å². The first-order valence-electron chi connectivity index (χ1n) is 21.0. The van der Waals surface area contributed by atoms with Crippen molar-refractivity contribution >= 4 is 17.9 Å². The maximum atomic E-state index is 12.5. The minimum absolute atomic E-state index is 0.00686. The second kappa shape index (κ2) is 35.6. The monoisotopic (exact) mass is 734 g/mol. The van der Waals surface area contributed by atoms with Gasteiger partial charge in [-0.3, -0.25) is 9.59 Å². The minimum atomic E-state index is -1.14. The Kier molecular flexibility index (Phi) is 33.9. The number of nitrogens with zero attached hydrogens (tertiary/aromatic N) is 1. The van der Waals surface area contributed by atoms with E-state index in [1.165, 1.54) is 103 Å². The largest absolute Gasteiger partial charge is 0.544 e. The topological polar surface area (TPSA) is 102 Å². The van der Waals surface area contributed by atoms with E-state index >= 15 is 0 Å². The van der Waals surface area contributed by atoms with Gasteiger partial charge >= 0.3 is 11.9 Å². The number of likely N-dealkylation sites (N-methyl/N-ethyl adjacent to an activating group) is 1. The number of carboxylic acids is 1. The lowest BCUT2D eigenvalue weighted by molar-refractivity contribution is -0.889. The normalized spacial score (nSPS) is 13.3. The van der Waals surface area contributed by atoms with Crippen molar-refractivity contribution in [2.75, 3.05) is 41.0 Å². The van der Waals surface area contributed by atoms with E-state index in [0.29, 0.717) is 6.42 Å². The third kappa shape index (κ3) is 33.4. The van der Waals surface area contributed by atoms with Gasteiger partial charge in [0.15, 0.2) is 6.10 Å². The van der Waals surface area contributed by atoms with Crippen molar-refractivity contribution in [1.82, 2.24) is 0 Å². The highest BCUT2D eigenvalue weighted by Gasteiger charge is 2.25. The van der Waals surface area contributed by atoms with Crippen LogP contribution in [0.25, 0.3) is 0 Å². The lowest BCUT2D eigenvalue weighted by Gasteiger charge is -2.34. The molecule has 0 aliphatic rings. The van der Waals surface area contributed by atoms with Crippen LogP contribution in [0.4, 0.5) is 0 Å². The number of esters is 2. The van der Waals surface area contributed by atoms with Gasteiger partial charge in [0.05, 0.1) is 46.7 Å². The van der Waals surface area contributed by atoms with E-state index in [1.807, 2.05) is 6.08 Å². The van der Waals surface area contributed by atoms with Crippen LogP contribution in [0.5, 0.6) is 0 Å². The highest BCUT2D eigenvalue weighted by Crippen LogP contribution is 2.15. The van der Waals surface area contributed by atoms with Crippen LogP contribution in [0.2, 0.25) is 0 Å². The van der Waals surface area contributed by atoms with Gasteiger partial charge in [-0.2, -0.15) is 0 Å². The van der Waals surface area contributed by atoms with Crippen LogP contribution in [0.3, 0.4) is 0 Å². The van der Waals surface area contributed by atoms with Gasteiger partial charge in [0.1, 0.15) is 12.6 Å². The first kappa shape index (κ1) is 49.6. The van der Waals surface area contributed by atoms with Crippen molar-refractivity contribution in [3.8, 4) is 0 Å². The molecule has 2 unspecified atom stereocenters. The molecule has 0 aliphatic carbocycles. The third-order valence-electron chi connectivity index (χ3n) is 9.32. The molecular weight excluding hydrogens is 654 g/mol. The first-order chi connectivity index (χ1) is 25.1. The van der Waals surface area contributed by atoms with E-state index < -0.39 is 24.1 Å². The van der Waals surface area contributed by atoms with Crippen molar-refractivity contribution in [3.63, 3.8) is 0 Å². The van der Waals surface area contributed by atoms with E-state index in [9.17, 15) is 19.5 Å². The molecular formula is C44H79NO7. The van der Waals surface area contributed by atoms with E-state index in [0.717, 1.165) is 38.5 Å². The molecule has 0 fully saturated rings. The fourth-order valence-electron chi connectivity index (χ4n) is 6.08. The molecule has 0 aromatic rings.